The van der Waals surface area contributed by atoms with Gasteiger partial charge in [-0.25, -0.2) is 15.0 Å². The molecule has 0 aliphatic rings. The largest absolute Gasteiger partial charge is 0.456 e. The molecular formula is C44H25N5O2. The summed E-state index contributed by atoms with van der Waals surface area (Å²) >= 11 is 0. The quantitative estimate of drug-likeness (QED) is 0.188. The molecule has 0 bridgehead atoms. The summed E-state index contributed by atoms with van der Waals surface area (Å²) in [4.78, 5) is 19.8. The minimum atomic E-state index is 0.541. The van der Waals surface area contributed by atoms with Gasteiger partial charge in [0.2, 0.25) is 0 Å². The van der Waals surface area contributed by atoms with Gasteiger partial charge in [0.25, 0.3) is 0 Å². The molecule has 0 aliphatic heterocycles. The van der Waals surface area contributed by atoms with Crippen LogP contribution < -0.4 is 0 Å². The van der Waals surface area contributed by atoms with Crippen molar-refractivity contribution in [1.82, 2.24) is 24.5 Å². The van der Waals surface area contributed by atoms with Crippen LogP contribution in [0.1, 0.15) is 0 Å². The van der Waals surface area contributed by atoms with E-state index < -0.39 is 0 Å². The summed E-state index contributed by atoms with van der Waals surface area (Å²) in [5.41, 5.74) is 8.96. The molecule has 6 aromatic carbocycles. The molecule has 7 heteroatoms. The average molecular weight is 656 g/mol. The van der Waals surface area contributed by atoms with Gasteiger partial charge in [0, 0.05) is 67.1 Å². The Kier molecular flexibility index (Phi) is 5.83. The van der Waals surface area contributed by atoms with E-state index in [2.05, 4.69) is 101 Å². The average Bonchev–Trinajstić information content (AvgIpc) is 3.87. The second-order valence-corrected chi connectivity index (χ2v) is 12.7. The smallest absolute Gasteiger partial charge is 0.164 e. The number of rotatable bonds is 4. The Labute approximate surface area is 290 Å². The minimum absolute atomic E-state index is 0.541. The summed E-state index contributed by atoms with van der Waals surface area (Å²) < 4.78 is 14.8. The molecular weight excluding hydrogens is 631 g/mol. The van der Waals surface area contributed by atoms with E-state index in [-0.39, 0.29) is 0 Å². The Morgan fingerprint density at radius 1 is 0.431 bits per heavy atom. The van der Waals surface area contributed by atoms with Crippen molar-refractivity contribution in [2.24, 2.45) is 0 Å². The number of fused-ring (bicyclic) bond motifs is 9. The molecule has 0 saturated heterocycles. The van der Waals surface area contributed by atoms with Crippen molar-refractivity contribution in [3.05, 3.63) is 152 Å². The summed E-state index contributed by atoms with van der Waals surface area (Å²) in [5, 5.41) is 6.35. The standard InChI is InChI=1S/C44H25N5O2/c1-4-15-35-29(11-1)30-12-2-5-16-36(30)49(35)28-10-7-9-26(23-28)42-46-43(27-19-20-32-31-13-3-6-17-37(31)51-40(32)24-27)48-44(47-42)33-14-8-18-39-41(33)34-25-45-22-21-38(34)50-39/h1-25H. The van der Waals surface area contributed by atoms with Gasteiger partial charge in [-0.05, 0) is 54.6 Å². The predicted molar refractivity (Wildman–Crippen MR) is 203 cm³/mol. The van der Waals surface area contributed by atoms with Crippen molar-refractivity contribution in [3.63, 3.8) is 0 Å². The lowest BCUT2D eigenvalue weighted by Gasteiger charge is -2.12. The van der Waals surface area contributed by atoms with Crippen LogP contribution in [0.4, 0.5) is 0 Å². The maximum atomic E-state index is 6.27. The van der Waals surface area contributed by atoms with E-state index >= 15 is 0 Å². The third kappa shape index (κ3) is 4.25. The molecule has 0 radical (unpaired) electrons. The maximum absolute atomic E-state index is 6.27. The van der Waals surface area contributed by atoms with E-state index in [0.29, 0.717) is 17.5 Å². The molecule has 238 valence electrons. The Balaban J connectivity index is 1.15. The van der Waals surface area contributed by atoms with E-state index in [9.17, 15) is 0 Å². The lowest BCUT2D eigenvalue weighted by molar-refractivity contribution is 0.668. The zero-order chi connectivity index (χ0) is 33.5. The third-order valence-corrected chi connectivity index (χ3v) is 9.75. The monoisotopic (exact) mass is 655 g/mol. The number of furan rings is 2. The van der Waals surface area contributed by atoms with Crippen molar-refractivity contribution in [1.29, 1.82) is 0 Å². The maximum Gasteiger partial charge on any atom is 0.164 e. The highest BCUT2D eigenvalue weighted by Crippen LogP contribution is 2.38. The normalized spacial score (nSPS) is 11.9. The van der Waals surface area contributed by atoms with Crippen LogP contribution in [0.25, 0.3) is 106 Å². The fraction of sp³-hybridized carbons (Fsp3) is 0. The van der Waals surface area contributed by atoms with Crippen molar-refractivity contribution in [2.45, 2.75) is 0 Å². The number of hydrogen-bond donors (Lipinski definition) is 0. The molecule has 0 unspecified atom stereocenters. The van der Waals surface area contributed by atoms with Crippen molar-refractivity contribution >= 4 is 65.7 Å². The summed E-state index contributed by atoms with van der Waals surface area (Å²) in [6.45, 7) is 0. The van der Waals surface area contributed by atoms with Gasteiger partial charge < -0.3 is 13.4 Å². The Hall–Kier alpha value is -7.12. The minimum Gasteiger partial charge on any atom is -0.456 e. The van der Waals surface area contributed by atoms with E-state index in [0.717, 1.165) is 77.3 Å². The molecule has 0 atom stereocenters. The molecule has 51 heavy (non-hydrogen) atoms. The van der Waals surface area contributed by atoms with Gasteiger partial charge in [-0.2, -0.15) is 0 Å². The van der Waals surface area contributed by atoms with Crippen molar-refractivity contribution in [2.75, 3.05) is 0 Å². The van der Waals surface area contributed by atoms with Crippen LogP contribution in [0.2, 0.25) is 0 Å². The zero-order valence-corrected chi connectivity index (χ0v) is 27.0. The second-order valence-electron chi connectivity index (χ2n) is 12.7. The SMILES string of the molecule is c1cc(-c2nc(-c3ccc4c(c3)oc3ccccc34)nc(-c3cccc4oc5ccncc5c34)n2)cc(-n2c3ccccc3c3ccccc32)c1. The molecule has 0 saturated carbocycles. The van der Waals surface area contributed by atoms with E-state index in [1.165, 1.54) is 10.8 Å². The van der Waals surface area contributed by atoms with E-state index in [4.69, 9.17) is 23.8 Å². The lowest BCUT2D eigenvalue weighted by atomic mass is 10.1. The molecule has 11 aromatic rings. The van der Waals surface area contributed by atoms with Crippen molar-refractivity contribution < 1.29 is 8.83 Å². The van der Waals surface area contributed by atoms with Gasteiger partial charge in [0.05, 0.1) is 11.0 Å². The Morgan fingerprint density at radius 3 is 1.88 bits per heavy atom. The first-order valence-corrected chi connectivity index (χ1v) is 16.8. The van der Waals surface area contributed by atoms with Gasteiger partial charge in [-0.3, -0.25) is 4.98 Å². The fourth-order valence-corrected chi connectivity index (χ4v) is 7.46. The number of aromatic nitrogens is 5. The van der Waals surface area contributed by atoms with Crippen LogP contribution >= 0.6 is 0 Å². The second kappa shape index (κ2) is 10.7. The molecule has 0 N–H and O–H groups in total. The summed E-state index contributed by atoms with van der Waals surface area (Å²) in [6.07, 6.45) is 3.57. The number of pyridine rings is 1. The van der Waals surface area contributed by atoms with Gasteiger partial charge in [-0.15, -0.1) is 0 Å². The summed E-state index contributed by atoms with van der Waals surface area (Å²) in [6, 6.07) is 47.5. The first kappa shape index (κ1) is 27.8. The molecule has 11 rings (SSSR count). The number of para-hydroxylation sites is 3. The molecule has 0 fully saturated rings. The van der Waals surface area contributed by atoms with Crippen LogP contribution in [-0.2, 0) is 0 Å². The highest BCUT2D eigenvalue weighted by atomic mass is 16.3. The Morgan fingerprint density at radius 2 is 1.06 bits per heavy atom. The van der Waals surface area contributed by atoms with Crippen LogP contribution in [0.3, 0.4) is 0 Å². The van der Waals surface area contributed by atoms with Crippen molar-refractivity contribution in [3.8, 4) is 39.9 Å². The zero-order valence-electron chi connectivity index (χ0n) is 27.0. The van der Waals surface area contributed by atoms with Crippen LogP contribution in [0.5, 0.6) is 0 Å². The number of hydrogen-bond acceptors (Lipinski definition) is 6. The molecule has 5 aromatic heterocycles. The highest BCUT2D eigenvalue weighted by molar-refractivity contribution is 6.12. The van der Waals surface area contributed by atoms with Gasteiger partial charge in [0.15, 0.2) is 17.5 Å². The van der Waals surface area contributed by atoms with E-state index in [1.54, 1.807) is 6.20 Å². The lowest BCUT2D eigenvalue weighted by Crippen LogP contribution is -2.01. The van der Waals surface area contributed by atoms with Gasteiger partial charge in [0.1, 0.15) is 22.3 Å². The Bertz CT molecular complexity index is 3120. The van der Waals surface area contributed by atoms with Gasteiger partial charge in [-0.1, -0.05) is 84.9 Å². The topological polar surface area (TPSA) is 82.8 Å². The van der Waals surface area contributed by atoms with Crippen LogP contribution in [-0.4, -0.2) is 24.5 Å². The molecule has 5 heterocycles. The van der Waals surface area contributed by atoms with Crippen LogP contribution in [0.15, 0.2) is 161 Å². The van der Waals surface area contributed by atoms with E-state index in [1.807, 2.05) is 54.7 Å². The highest BCUT2D eigenvalue weighted by Gasteiger charge is 2.19. The number of nitrogens with zero attached hydrogens (tertiary/aromatic N) is 5. The molecule has 0 aliphatic carbocycles. The summed E-state index contributed by atoms with van der Waals surface area (Å²) in [7, 11) is 0. The molecule has 7 nitrogen and oxygen atoms in total. The van der Waals surface area contributed by atoms with Gasteiger partial charge >= 0.3 is 0 Å². The molecule has 0 spiro atoms. The fourth-order valence-electron chi connectivity index (χ4n) is 7.46. The predicted octanol–water partition coefficient (Wildman–Crippen LogP) is 11.2. The third-order valence-electron chi connectivity index (χ3n) is 9.75. The number of benzene rings is 6. The van der Waals surface area contributed by atoms with Crippen LogP contribution in [0, 0.1) is 0 Å². The summed E-state index contributed by atoms with van der Waals surface area (Å²) in [5.74, 6) is 1.65. The first-order valence-electron chi connectivity index (χ1n) is 16.8. The first-order chi connectivity index (χ1) is 25.3. The molecule has 0 amide bonds.